The number of rotatable bonds is 7. The molecular formula is C24H19Cl2NO5S. The van der Waals surface area contributed by atoms with E-state index in [0.717, 1.165) is 16.7 Å². The van der Waals surface area contributed by atoms with Gasteiger partial charge in [-0.3, -0.25) is 4.79 Å². The summed E-state index contributed by atoms with van der Waals surface area (Å²) >= 11 is 12.0. The van der Waals surface area contributed by atoms with Gasteiger partial charge in [0.2, 0.25) is 10.0 Å². The van der Waals surface area contributed by atoms with Crippen LogP contribution in [0.5, 0.6) is 5.75 Å². The molecule has 6 nitrogen and oxygen atoms in total. The van der Waals surface area contributed by atoms with E-state index in [2.05, 4.69) is 4.72 Å². The largest absolute Gasteiger partial charge is 0.489 e. The van der Waals surface area contributed by atoms with Crippen LogP contribution in [-0.4, -0.2) is 25.0 Å². The van der Waals surface area contributed by atoms with Crippen LogP contribution in [0.3, 0.4) is 0 Å². The minimum absolute atomic E-state index is 0.0294. The van der Waals surface area contributed by atoms with Gasteiger partial charge >= 0.3 is 5.97 Å². The van der Waals surface area contributed by atoms with E-state index in [1.165, 1.54) is 24.3 Å². The fraction of sp³-hybridized carbons (Fsp3) is 0.208. The molecule has 0 bridgehead atoms. The SMILES string of the molecule is O=C(O)C1(NS(=O)(=O)c2ccc(OCc3ccc(Cl)cc3Cl)cc2)C2Cc3ccccc3C21. The number of aliphatic carboxylic acids is 1. The number of carboxylic acid groups (broad SMARTS) is 1. The lowest BCUT2D eigenvalue weighted by atomic mass is 9.99. The Kier molecular flexibility index (Phi) is 5.40. The molecule has 1 fully saturated rings. The van der Waals surface area contributed by atoms with Gasteiger partial charge in [-0.05, 0) is 53.9 Å². The summed E-state index contributed by atoms with van der Waals surface area (Å²) in [6.45, 7) is 0.186. The highest BCUT2D eigenvalue weighted by Gasteiger charge is 2.74. The van der Waals surface area contributed by atoms with Gasteiger partial charge in [-0.15, -0.1) is 0 Å². The Morgan fingerprint density at radius 1 is 1.09 bits per heavy atom. The summed E-state index contributed by atoms with van der Waals surface area (Å²) < 4.78 is 34.3. The van der Waals surface area contributed by atoms with Crippen LogP contribution in [-0.2, 0) is 27.8 Å². The van der Waals surface area contributed by atoms with Gasteiger partial charge in [-0.25, -0.2) is 8.42 Å². The number of carbonyl (C=O) groups is 1. The van der Waals surface area contributed by atoms with E-state index < -0.39 is 21.5 Å². The number of hydrogen-bond acceptors (Lipinski definition) is 4. The van der Waals surface area contributed by atoms with Crippen molar-refractivity contribution in [3.05, 3.63) is 93.5 Å². The Hall–Kier alpha value is -2.58. The summed E-state index contributed by atoms with van der Waals surface area (Å²) in [7, 11) is -4.06. The molecular weight excluding hydrogens is 485 g/mol. The first kappa shape index (κ1) is 22.2. The summed E-state index contributed by atoms with van der Waals surface area (Å²) in [5, 5.41) is 10.9. The number of hydrogen-bond donors (Lipinski definition) is 2. The van der Waals surface area contributed by atoms with Crippen LogP contribution >= 0.6 is 23.2 Å². The molecule has 3 unspecified atom stereocenters. The van der Waals surface area contributed by atoms with Crippen molar-refractivity contribution in [1.82, 2.24) is 4.72 Å². The second kappa shape index (κ2) is 8.02. The normalized spacial score (nSPS) is 23.0. The lowest BCUT2D eigenvalue weighted by molar-refractivity contribution is -0.140. The molecule has 0 aliphatic heterocycles. The standard InChI is InChI=1S/C24H19Cl2NO5S/c25-16-6-5-15(21(26)12-16)13-32-17-7-9-18(10-8-17)33(30,31)27-24(23(28)29)20-11-14-3-1-2-4-19(14)22(20)24/h1-10,12,20,22,27H,11,13H2,(H,28,29). The van der Waals surface area contributed by atoms with Crippen molar-refractivity contribution in [1.29, 1.82) is 0 Å². The number of halogens is 2. The van der Waals surface area contributed by atoms with Crippen molar-refractivity contribution in [2.24, 2.45) is 5.92 Å². The minimum atomic E-state index is -4.06. The molecule has 2 aliphatic carbocycles. The predicted molar refractivity (Wildman–Crippen MR) is 124 cm³/mol. The number of carboxylic acids is 1. The Labute approximate surface area is 201 Å². The molecule has 0 saturated heterocycles. The maximum absolute atomic E-state index is 13.1. The smallest absolute Gasteiger partial charge is 0.325 e. The maximum atomic E-state index is 13.1. The highest BCUT2D eigenvalue weighted by atomic mass is 35.5. The average molecular weight is 504 g/mol. The molecule has 9 heteroatoms. The van der Waals surface area contributed by atoms with E-state index >= 15 is 0 Å². The zero-order chi connectivity index (χ0) is 23.4. The van der Waals surface area contributed by atoms with Crippen molar-refractivity contribution < 1.29 is 23.1 Å². The van der Waals surface area contributed by atoms with Crippen LogP contribution in [0, 0.1) is 5.92 Å². The van der Waals surface area contributed by atoms with Gasteiger partial charge in [-0.2, -0.15) is 4.72 Å². The van der Waals surface area contributed by atoms with E-state index in [1.807, 2.05) is 24.3 Å². The van der Waals surface area contributed by atoms with E-state index in [0.29, 0.717) is 22.2 Å². The van der Waals surface area contributed by atoms with Gasteiger partial charge in [0, 0.05) is 27.4 Å². The summed E-state index contributed by atoms with van der Waals surface area (Å²) in [5.41, 5.74) is 1.19. The molecule has 2 aliphatic rings. The quantitative estimate of drug-likeness (QED) is 0.489. The number of ether oxygens (including phenoxy) is 1. The fourth-order valence-corrected chi connectivity index (χ4v) is 6.62. The van der Waals surface area contributed by atoms with Crippen LogP contribution < -0.4 is 9.46 Å². The second-order valence-corrected chi connectivity index (χ2v) is 10.8. The van der Waals surface area contributed by atoms with Gasteiger partial charge in [0.25, 0.3) is 0 Å². The lowest BCUT2D eigenvalue weighted by Crippen LogP contribution is -2.46. The Balaban J connectivity index is 1.32. The second-order valence-electron chi connectivity index (χ2n) is 8.26. The van der Waals surface area contributed by atoms with Crippen molar-refractivity contribution in [3.63, 3.8) is 0 Å². The van der Waals surface area contributed by atoms with Crippen LogP contribution in [0.15, 0.2) is 71.6 Å². The Morgan fingerprint density at radius 2 is 1.82 bits per heavy atom. The van der Waals surface area contributed by atoms with Crippen LogP contribution in [0.2, 0.25) is 10.0 Å². The first-order chi connectivity index (χ1) is 15.7. The molecule has 170 valence electrons. The molecule has 33 heavy (non-hydrogen) atoms. The van der Waals surface area contributed by atoms with Gasteiger partial charge in [-0.1, -0.05) is 53.5 Å². The van der Waals surface area contributed by atoms with Gasteiger partial charge in [0.15, 0.2) is 0 Å². The average Bonchev–Trinajstić information content (AvgIpc) is 3.21. The maximum Gasteiger partial charge on any atom is 0.325 e. The van der Waals surface area contributed by atoms with Gasteiger partial charge in [0.05, 0.1) is 4.90 Å². The fourth-order valence-electron chi connectivity index (χ4n) is 4.73. The minimum Gasteiger partial charge on any atom is -0.489 e. The summed E-state index contributed by atoms with van der Waals surface area (Å²) in [6, 6.07) is 18.5. The topological polar surface area (TPSA) is 92.7 Å². The third kappa shape index (κ3) is 3.79. The molecule has 2 N–H and O–H groups in total. The van der Waals surface area contributed by atoms with E-state index in [1.54, 1.807) is 18.2 Å². The Morgan fingerprint density at radius 3 is 2.52 bits per heavy atom. The molecule has 3 aromatic carbocycles. The van der Waals surface area contributed by atoms with E-state index in [-0.39, 0.29) is 23.3 Å². The molecule has 3 aromatic rings. The van der Waals surface area contributed by atoms with Crippen molar-refractivity contribution in [2.75, 3.05) is 0 Å². The molecule has 0 heterocycles. The molecule has 0 amide bonds. The predicted octanol–water partition coefficient (Wildman–Crippen LogP) is 4.64. The monoisotopic (exact) mass is 503 g/mol. The summed E-state index contributed by atoms with van der Waals surface area (Å²) in [4.78, 5) is 12.1. The lowest BCUT2D eigenvalue weighted by Gasteiger charge is -2.19. The zero-order valence-electron chi connectivity index (χ0n) is 17.2. The number of fused-ring (bicyclic) bond motifs is 3. The Bertz CT molecular complexity index is 1360. The first-order valence-electron chi connectivity index (χ1n) is 10.2. The highest BCUT2D eigenvalue weighted by molar-refractivity contribution is 7.89. The van der Waals surface area contributed by atoms with Crippen LogP contribution in [0.1, 0.15) is 22.6 Å². The molecule has 0 aromatic heterocycles. The highest BCUT2D eigenvalue weighted by Crippen LogP contribution is 2.64. The number of sulfonamides is 1. The number of benzene rings is 3. The summed E-state index contributed by atoms with van der Waals surface area (Å²) in [5.74, 6) is -1.37. The molecule has 3 atom stereocenters. The van der Waals surface area contributed by atoms with E-state index in [9.17, 15) is 18.3 Å². The molecule has 0 radical (unpaired) electrons. The number of nitrogens with one attached hydrogen (secondary N) is 1. The van der Waals surface area contributed by atoms with Crippen molar-refractivity contribution >= 4 is 39.2 Å². The third-order valence-corrected chi connectivity index (χ3v) is 8.49. The molecule has 5 rings (SSSR count). The molecule has 0 spiro atoms. The van der Waals surface area contributed by atoms with Gasteiger partial charge < -0.3 is 9.84 Å². The zero-order valence-corrected chi connectivity index (χ0v) is 19.5. The van der Waals surface area contributed by atoms with E-state index in [4.69, 9.17) is 27.9 Å². The van der Waals surface area contributed by atoms with Crippen LogP contribution in [0.25, 0.3) is 0 Å². The first-order valence-corrected chi connectivity index (χ1v) is 12.5. The van der Waals surface area contributed by atoms with Crippen molar-refractivity contribution in [2.45, 2.75) is 29.4 Å². The van der Waals surface area contributed by atoms with Gasteiger partial charge in [0.1, 0.15) is 17.9 Å². The van der Waals surface area contributed by atoms with Crippen molar-refractivity contribution in [3.8, 4) is 5.75 Å². The molecule has 1 saturated carbocycles. The summed E-state index contributed by atoms with van der Waals surface area (Å²) in [6.07, 6.45) is 0.537. The third-order valence-electron chi connectivity index (χ3n) is 6.40. The van der Waals surface area contributed by atoms with Crippen LogP contribution in [0.4, 0.5) is 0 Å².